The Morgan fingerprint density at radius 1 is 0.938 bits per heavy atom. The number of thioether (sulfide) groups is 2. The van der Waals surface area contributed by atoms with Gasteiger partial charge in [0.25, 0.3) is 0 Å². The van der Waals surface area contributed by atoms with Gasteiger partial charge in [-0.2, -0.15) is 0 Å². The Balaban J connectivity index is 1.63. The summed E-state index contributed by atoms with van der Waals surface area (Å²) in [5.41, 5.74) is 3.11. The van der Waals surface area contributed by atoms with Crippen LogP contribution >= 0.6 is 23.5 Å². The standard InChI is InChI=1S/C27H43NO2S2/c1-26(2,3)19-14-20(27(4,5)6)16-22(15-19)32-24-12-8-7-11-23(24)31-18-25(29)28-17-21-10-9-13-30-21/h14-16,21,23-24H,7-13,17-18H2,1-6H3,(H,28,29). The Kier molecular flexibility index (Phi) is 9.07. The summed E-state index contributed by atoms with van der Waals surface area (Å²) in [6, 6.07) is 7.21. The van der Waals surface area contributed by atoms with Crippen LogP contribution in [0.4, 0.5) is 0 Å². The Hall–Kier alpha value is -0.650. The minimum absolute atomic E-state index is 0.137. The first-order chi connectivity index (χ1) is 15.0. The second kappa shape index (κ2) is 11.2. The lowest BCUT2D eigenvalue weighted by Crippen LogP contribution is -2.34. The average Bonchev–Trinajstić information content (AvgIpc) is 3.24. The second-order valence-electron chi connectivity index (χ2n) is 11.5. The third-order valence-corrected chi connectivity index (χ3v) is 9.52. The van der Waals surface area contributed by atoms with Gasteiger partial charge in [-0.1, -0.05) is 60.5 Å². The Bertz CT molecular complexity index is 728. The molecule has 1 aliphatic carbocycles. The van der Waals surface area contributed by atoms with Gasteiger partial charge in [0.1, 0.15) is 0 Å². The molecule has 1 N–H and O–H groups in total. The number of hydrogen-bond donors (Lipinski definition) is 1. The van der Waals surface area contributed by atoms with Crippen LogP contribution in [0.15, 0.2) is 23.1 Å². The van der Waals surface area contributed by atoms with Crippen molar-refractivity contribution in [3.63, 3.8) is 0 Å². The zero-order chi connectivity index (χ0) is 23.4. The summed E-state index contributed by atoms with van der Waals surface area (Å²) in [4.78, 5) is 13.8. The number of nitrogens with one attached hydrogen (secondary N) is 1. The largest absolute Gasteiger partial charge is 0.376 e. The SMILES string of the molecule is CC(C)(C)c1cc(SC2CCCCC2SCC(=O)NCC2CCCO2)cc(C(C)(C)C)c1. The molecule has 180 valence electrons. The van der Waals surface area contributed by atoms with Crippen molar-refractivity contribution in [3.05, 3.63) is 29.3 Å². The van der Waals surface area contributed by atoms with E-state index in [0.717, 1.165) is 19.4 Å². The summed E-state index contributed by atoms with van der Waals surface area (Å²) in [5, 5.41) is 4.20. The molecule has 1 heterocycles. The topological polar surface area (TPSA) is 38.3 Å². The quantitative estimate of drug-likeness (QED) is 0.473. The fourth-order valence-electron chi connectivity index (χ4n) is 4.36. The number of carbonyl (C=O) groups is 1. The van der Waals surface area contributed by atoms with Crippen LogP contribution in [-0.4, -0.2) is 41.4 Å². The maximum atomic E-state index is 12.4. The minimum atomic E-state index is 0.137. The molecule has 3 unspecified atom stereocenters. The van der Waals surface area contributed by atoms with E-state index in [1.54, 1.807) is 0 Å². The Morgan fingerprint density at radius 2 is 1.56 bits per heavy atom. The summed E-state index contributed by atoms with van der Waals surface area (Å²) in [5.74, 6) is 0.716. The van der Waals surface area contributed by atoms with E-state index in [1.807, 2.05) is 23.5 Å². The van der Waals surface area contributed by atoms with Crippen molar-refractivity contribution in [2.24, 2.45) is 0 Å². The highest BCUT2D eigenvalue weighted by Gasteiger charge is 2.29. The molecular formula is C27H43NO2S2. The smallest absolute Gasteiger partial charge is 0.230 e. The molecule has 0 aromatic heterocycles. The van der Waals surface area contributed by atoms with Gasteiger partial charge in [-0.25, -0.2) is 0 Å². The molecule has 3 atom stereocenters. The molecule has 0 radical (unpaired) electrons. The number of benzene rings is 1. The molecule has 1 aromatic rings. The van der Waals surface area contributed by atoms with E-state index in [9.17, 15) is 4.79 Å². The number of amides is 1. The van der Waals surface area contributed by atoms with Gasteiger partial charge in [0.15, 0.2) is 0 Å². The van der Waals surface area contributed by atoms with Gasteiger partial charge in [0.05, 0.1) is 11.9 Å². The molecule has 1 aromatic carbocycles. The van der Waals surface area contributed by atoms with E-state index < -0.39 is 0 Å². The highest BCUT2D eigenvalue weighted by Crippen LogP contribution is 2.42. The van der Waals surface area contributed by atoms with Crippen molar-refractivity contribution in [3.8, 4) is 0 Å². The summed E-state index contributed by atoms with van der Waals surface area (Å²) >= 11 is 3.91. The van der Waals surface area contributed by atoms with E-state index in [-0.39, 0.29) is 22.8 Å². The van der Waals surface area contributed by atoms with Crippen molar-refractivity contribution in [2.45, 2.75) is 112 Å². The van der Waals surface area contributed by atoms with Crippen molar-refractivity contribution in [1.82, 2.24) is 5.32 Å². The van der Waals surface area contributed by atoms with Crippen LogP contribution in [0.25, 0.3) is 0 Å². The number of rotatable bonds is 7. The van der Waals surface area contributed by atoms with Crippen LogP contribution in [0.3, 0.4) is 0 Å². The molecule has 3 rings (SSSR count). The van der Waals surface area contributed by atoms with Crippen LogP contribution in [0.5, 0.6) is 0 Å². The summed E-state index contributed by atoms with van der Waals surface area (Å²) in [7, 11) is 0. The van der Waals surface area contributed by atoms with Gasteiger partial charge in [0.2, 0.25) is 5.91 Å². The zero-order valence-electron chi connectivity index (χ0n) is 21.0. The van der Waals surface area contributed by atoms with Gasteiger partial charge < -0.3 is 10.1 Å². The van der Waals surface area contributed by atoms with Crippen molar-refractivity contribution in [2.75, 3.05) is 18.9 Å². The van der Waals surface area contributed by atoms with Crippen LogP contribution in [0.1, 0.15) is 91.2 Å². The predicted molar refractivity (Wildman–Crippen MR) is 140 cm³/mol. The third-order valence-electron chi connectivity index (χ3n) is 6.55. The highest BCUT2D eigenvalue weighted by atomic mass is 32.2. The maximum absolute atomic E-state index is 12.4. The average molecular weight is 478 g/mol. The molecule has 0 bridgehead atoms. The fourth-order valence-corrected chi connectivity index (χ4v) is 7.23. The maximum Gasteiger partial charge on any atom is 0.230 e. The molecule has 3 nitrogen and oxygen atoms in total. The van der Waals surface area contributed by atoms with Crippen LogP contribution < -0.4 is 5.32 Å². The van der Waals surface area contributed by atoms with E-state index in [1.165, 1.54) is 41.7 Å². The van der Waals surface area contributed by atoms with Crippen LogP contribution in [0, 0.1) is 0 Å². The Labute approximate surface area is 204 Å². The van der Waals surface area contributed by atoms with Crippen molar-refractivity contribution < 1.29 is 9.53 Å². The lowest BCUT2D eigenvalue weighted by molar-refractivity contribution is -0.119. The van der Waals surface area contributed by atoms with E-state index in [2.05, 4.69) is 65.1 Å². The van der Waals surface area contributed by atoms with Crippen molar-refractivity contribution in [1.29, 1.82) is 0 Å². The monoisotopic (exact) mass is 477 g/mol. The Morgan fingerprint density at radius 3 is 2.12 bits per heavy atom. The first kappa shape index (κ1) is 26.0. The number of ether oxygens (including phenoxy) is 1. The number of hydrogen-bond acceptors (Lipinski definition) is 4. The van der Waals surface area contributed by atoms with E-state index >= 15 is 0 Å². The van der Waals surface area contributed by atoms with E-state index in [4.69, 9.17) is 4.74 Å². The normalized spacial score (nSPS) is 24.5. The molecule has 2 fully saturated rings. The molecule has 5 heteroatoms. The molecule has 1 saturated carbocycles. The van der Waals surface area contributed by atoms with Crippen molar-refractivity contribution >= 4 is 29.4 Å². The lowest BCUT2D eigenvalue weighted by atomic mass is 9.81. The molecule has 1 saturated heterocycles. The predicted octanol–water partition coefficient (Wildman–Crippen LogP) is 6.71. The lowest BCUT2D eigenvalue weighted by Gasteiger charge is -2.32. The zero-order valence-corrected chi connectivity index (χ0v) is 22.6. The van der Waals surface area contributed by atoms with Gasteiger partial charge in [-0.05, 0) is 59.8 Å². The third kappa shape index (κ3) is 7.70. The van der Waals surface area contributed by atoms with Gasteiger partial charge >= 0.3 is 0 Å². The molecule has 0 spiro atoms. The van der Waals surface area contributed by atoms with E-state index in [0.29, 0.717) is 22.8 Å². The highest BCUT2D eigenvalue weighted by molar-refractivity contribution is 8.04. The first-order valence-corrected chi connectivity index (χ1v) is 14.3. The van der Waals surface area contributed by atoms with Crippen LogP contribution in [-0.2, 0) is 20.4 Å². The minimum Gasteiger partial charge on any atom is -0.376 e. The second-order valence-corrected chi connectivity index (χ2v) is 14.0. The molecule has 1 amide bonds. The van der Waals surface area contributed by atoms with Crippen LogP contribution in [0.2, 0.25) is 0 Å². The number of carbonyl (C=O) groups excluding carboxylic acids is 1. The molecular weight excluding hydrogens is 434 g/mol. The first-order valence-electron chi connectivity index (χ1n) is 12.3. The fraction of sp³-hybridized carbons (Fsp3) is 0.741. The summed E-state index contributed by atoms with van der Waals surface area (Å²) in [6.07, 6.45) is 7.43. The molecule has 2 aliphatic rings. The molecule has 32 heavy (non-hydrogen) atoms. The molecule has 1 aliphatic heterocycles. The van der Waals surface area contributed by atoms with Gasteiger partial charge in [-0.15, -0.1) is 23.5 Å². The van der Waals surface area contributed by atoms with Gasteiger partial charge in [0, 0.05) is 28.5 Å². The van der Waals surface area contributed by atoms with Gasteiger partial charge in [-0.3, -0.25) is 4.79 Å². The summed E-state index contributed by atoms with van der Waals surface area (Å²) in [6.45, 7) is 15.3. The summed E-state index contributed by atoms with van der Waals surface area (Å²) < 4.78 is 5.62.